The molecule has 6 nitrogen and oxygen atoms in total. The normalized spacial score (nSPS) is 10.6. The minimum atomic E-state index is -1.32. The molecule has 2 rings (SSSR count). The van der Waals surface area contributed by atoms with Crippen LogP contribution in [0.1, 0.15) is 0 Å². The number of nitrogens with zero attached hydrogens (tertiary/aromatic N) is 2. The minimum absolute atomic E-state index is 0.0518. The number of aromatic nitrogens is 1. The lowest BCUT2D eigenvalue weighted by molar-refractivity contribution is -0.384. The van der Waals surface area contributed by atoms with E-state index in [0.717, 1.165) is 0 Å². The molecule has 0 spiro atoms. The van der Waals surface area contributed by atoms with Crippen LogP contribution in [0.4, 0.5) is 20.3 Å². The second-order valence-electron chi connectivity index (χ2n) is 3.25. The van der Waals surface area contributed by atoms with Gasteiger partial charge in [0.15, 0.2) is 23.2 Å². The van der Waals surface area contributed by atoms with Crippen molar-refractivity contribution in [2.75, 3.05) is 5.73 Å². The molecule has 0 saturated carbocycles. The Balaban J connectivity index is 2.74. The van der Waals surface area contributed by atoms with Crippen molar-refractivity contribution in [3.63, 3.8) is 0 Å². The lowest BCUT2D eigenvalue weighted by atomic mass is 10.1. The van der Waals surface area contributed by atoms with E-state index >= 15 is 0 Å². The van der Waals surface area contributed by atoms with Crippen LogP contribution in [-0.2, 0) is 0 Å². The Morgan fingerprint density at radius 1 is 1.39 bits per heavy atom. The van der Waals surface area contributed by atoms with Gasteiger partial charge in [-0.2, -0.15) is 0 Å². The summed E-state index contributed by atoms with van der Waals surface area (Å²) < 4.78 is 31.0. The number of nitrogen functional groups attached to an aromatic ring is 1. The summed E-state index contributed by atoms with van der Waals surface area (Å²) in [5.74, 6) is -2.76. The van der Waals surface area contributed by atoms with Gasteiger partial charge in [0.2, 0.25) is 0 Å². The van der Waals surface area contributed by atoms with Crippen LogP contribution in [0.5, 0.6) is 0 Å². The maximum absolute atomic E-state index is 13.1. The summed E-state index contributed by atoms with van der Waals surface area (Å²) in [6.45, 7) is 0. The monoisotopic (exact) mass is 319 g/mol. The summed E-state index contributed by atoms with van der Waals surface area (Å²) >= 11 is 2.99. The average molecular weight is 320 g/mol. The van der Waals surface area contributed by atoms with E-state index in [1.54, 1.807) is 0 Å². The van der Waals surface area contributed by atoms with Crippen LogP contribution in [0.3, 0.4) is 0 Å². The van der Waals surface area contributed by atoms with E-state index < -0.39 is 22.2 Å². The van der Waals surface area contributed by atoms with Crippen molar-refractivity contribution in [2.24, 2.45) is 0 Å². The fourth-order valence-electron chi connectivity index (χ4n) is 1.33. The molecule has 0 bridgehead atoms. The molecule has 1 heterocycles. The topological polar surface area (TPSA) is 95.2 Å². The van der Waals surface area contributed by atoms with Gasteiger partial charge in [-0.1, -0.05) is 5.16 Å². The zero-order chi connectivity index (χ0) is 13.4. The second kappa shape index (κ2) is 4.33. The SMILES string of the molecule is Nc1noc(-c2cc(F)c(F)cc2[N+](=O)[O-])c1Br. The zero-order valence-corrected chi connectivity index (χ0v) is 10.1. The van der Waals surface area contributed by atoms with Crippen LogP contribution in [0.15, 0.2) is 21.1 Å². The summed E-state index contributed by atoms with van der Waals surface area (Å²) in [6.07, 6.45) is 0. The molecule has 0 amide bonds. The van der Waals surface area contributed by atoms with E-state index in [1.807, 2.05) is 0 Å². The fourth-order valence-corrected chi connectivity index (χ4v) is 1.69. The number of benzene rings is 1. The molecule has 2 N–H and O–H groups in total. The van der Waals surface area contributed by atoms with Gasteiger partial charge >= 0.3 is 0 Å². The molecule has 0 aliphatic rings. The van der Waals surface area contributed by atoms with Gasteiger partial charge in [-0.3, -0.25) is 10.1 Å². The Morgan fingerprint density at radius 3 is 2.50 bits per heavy atom. The highest BCUT2D eigenvalue weighted by atomic mass is 79.9. The lowest BCUT2D eigenvalue weighted by Crippen LogP contribution is -1.96. The van der Waals surface area contributed by atoms with Crippen LogP contribution in [0, 0.1) is 21.7 Å². The molecule has 0 fully saturated rings. The fraction of sp³-hybridized carbons (Fsp3) is 0. The molecular weight excluding hydrogens is 316 g/mol. The average Bonchev–Trinajstić information content (AvgIpc) is 2.63. The van der Waals surface area contributed by atoms with Gasteiger partial charge in [0.1, 0.15) is 10.0 Å². The van der Waals surface area contributed by atoms with E-state index in [0.29, 0.717) is 12.1 Å². The molecule has 0 atom stereocenters. The zero-order valence-electron chi connectivity index (χ0n) is 8.49. The quantitative estimate of drug-likeness (QED) is 0.678. The van der Waals surface area contributed by atoms with Gasteiger partial charge in [0, 0.05) is 0 Å². The summed E-state index contributed by atoms with van der Waals surface area (Å²) in [5.41, 5.74) is 4.48. The van der Waals surface area contributed by atoms with E-state index in [-0.39, 0.29) is 21.6 Å². The van der Waals surface area contributed by atoms with E-state index in [2.05, 4.69) is 21.1 Å². The predicted molar refractivity (Wildman–Crippen MR) is 60.6 cm³/mol. The highest BCUT2D eigenvalue weighted by Gasteiger charge is 2.25. The molecule has 1 aromatic heterocycles. The number of nitrogens with two attached hydrogens (primary N) is 1. The summed E-state index contributed by atoms with van der Waals surface area (Å²) in [6, 6.07) is 1.12. The molecule has 1 aromatic carbocycles. The summed E-state index contributed by atoms with van der Waals surface area (Å²) in [7, 11) is 0. The van der Waals surface area contributed by atoms with E-state index in [1.165, 1.54) is 0 Å². The Bertz CT molecular complexity index is 644. The minimum Gasteiger partial charge on any atom is -0.380 e. The van der Waals surface area contributed by atoms with Crippen molar-refractivity contribution in [2.45, 2.75) is 0 Å². The van der Waals surface area contributed by atoms with Crippen LogP contribution < -0.4 is 5.73 Å². The third-order valence-electron chi connectivity index (χ3n) is 2.14. The van der Waals surface area contributed by atoms with E-state index in [9.17, 15) is 18.9 Å². The number of halogens is 3. The first-order valence-electron chi connectivity index (χ1n) is 4.46. The van der Waals surface area contributed by atoms with Crippen LogP contribution in [0.2, 0.25) is 0 Å². The highest BCUT2D eigenvalue weighted by molar-refractivity contribution is 9.10. The largest absolute Gasteiger partial charge is 0.380 e. The first-order valence-corrected chi connectivity index (χ1v) is 5.25. The van der Waals surface area contributed by atoms with Crippen molar-refractivity contribution >= 4 is 27.4 Å². The Labute approximate surface area is 107 Å². The molecule has 2 aromatic rings. The second-order valence-corrected chi connectivity index (χ2v) is 4.04. The molecular formula is C9H4BrF2N3O3. The van der Waals surface area contributed by atoms with Crippen molar-refractivity contribution in [1.82, 2.24) is 5.16 Å². The molecule has 0 unspecified atom stereocenters. The van der Waals surface area contributed by atoms with Gasteiger partial charge in [0.05, 0.1) is 11.0 Å². The third-order valence-corrected chi connectivity index (χ3v) is 2.91. The van der Waals surface area contributed by atoms with Gasteiger partial charge in [0.25, 0.3) is 5.69 Å². The number of nitro groups is 1. The standard InChI is InChI=1S/C9H4BrF2N3O3/c10-7-8(18-14-9(7)13)3-1-4(11)5(12)2-6(3)15(16)17/h1-2H,(H2,13,14). The maximum Gasteiger partial charge on any atom is 0.283 e. The van der Waals surface area contributed by atoms with Crippen molar-refractivity contribution in [1.29, 1.82) is 0 Å². The molecule has 0 saturated heterocycles. The Morgan fingerprint density at radius 2 is 2.00 bits per heavy atom. The third kappa shape index (κ3) is 1.92. The van der Waals surface area contributed by atoms with Crippen molar-refractivity contribution in [3.8, 4) is 11.3 Å². The lowest BCUT2D eigenvalue weighted by Gasteiger charge is -2.01. The van der Waals surface area contributed by atoms with Gasteiger partial charge in [-0.15, -0.1) is 0 Å². The molecule has 0 aliphatic heterocycles. The van der Waals surface area contributed by atoms with Crippen LogP contribution >= 0.6 is 15.9 Å². The number of hydrogen-bond donors (Lipinski definition) is 1. The maximum atomic E-state index is 13.1. The van der Waals surface area contributed by atoms with Gasteiger partial charge in [-0.05, 0) is 22.0 Å². The molecule has 94 valence electrons. The first kappa shape index (κ1) is 12.4. The van der Waals surface area contributed by atoms with Crippen molar-refractivity contribution in [3.05, 3.63) is 38.4 Å². The molecule has 9 heteroatoms. The van der Waals surface area contributed by atoms with Crippen LogP contribution in [0.25, 0.3) is 11.3 Å². The van der Waals surface area contributed by atoms with Gasteiger partial charge < -0.3 is 10.3 Å². The molecule has 18 heavy (non-hydrogen) atoms. The Kier molecular flexibility index (Phi) is 2.99. The predicted octanol–water partition coefficient (Wildman–Crippen LogP) is 2.87. The number of anilines is 1. The van der Waals surface area contributed by atoms with E-state index in [4.69, 9.17) is 10.3 Å². The summed E-state index contributed by atoms with van der Waals surface area (Å²) in [5, 5.41) is 14.1. The number of rotatable bonds is 2. The molecule has 0 radical (unpaired) electrons. The molecule has 0 aliphatic carbocycles. The number of hydrogen-bond acceptors (Lipinski definition) is 5. The Hall–Kier alpha value is -2.03. The highest BCUT2D eigenvalue weighted by Crippen LogP contribution is 2.38. The van der Waals surface area contributed by atoms with Crippen molar-refractivity contribution < 1.29 is 18.2 Å². The van der Waals surface area contributed by atoms with Crippen LogP contribution in [-0.4, -0.2) is 10.1 Å². The number of nitro benzene ring substituents is 1. The summed E-state index contributed by atoms with van der Waals surface area (Å²) in [4.78, 5) is 9.93. The smallest absolute Gasteiger partial charge is 0.283 e. The van der Waals surface area contributed by atoms with Gasteiger partial charge in [-0.25, -0.2) is 8.78 Å². The first-order chi connectivity index (χ1) is 8.41.